The van der Waals surface area contributed by atoms with E-state index in [1.165, 1.54) is 18.3 Å². The van der Waals surface area contributed by atoms with Crippen molar-refractivity contribution in [3.63, 3.8) is 0 Å². The Morgan fingerprint density at radius 2 is 1.87 bits per heavy atom. The highest BCUT2D eigenvalue weighted by Crippen LogP contribution is 2.40. The third-order valence-electron chi connectivity index (χ3n) is 7.41. The van der Waals surface area contributed by atoms with Gasteiger partial charge in [-0.3, -0.25) is 15.6 Å². The van der Waals surface area contributed by atoms with Gasteiger partial charge in [0.1, 0.15) is 10.6 Å². The number of anilines is 1. The number of hydrogen-bond donors (Lipinski definition) is 3. The van der Waals surface area contributed by atoms with Crippen molar-refractivity contribution in [3.05, 3.63) is 18.3 Å². The molecule has 0 radical (unpaired) electrons. The SMILES string of the molecule is CC(C)C(=O)N1[C@@H]2CC[C@H]1CN(c1cc(S(=O)(=O)NC3(C#N)CC3)cc3c1cnn3C(=N)SC(=N)C(F)F)C2. The molecular formula is C24H28F2N8O3S2. The predicted molar refractivity (Wildman–Crippen MR) is 143 cm³/mol. The highest BCUT2D eigenvalue weighted by molar-refractivity contribution is 8.26. The van der Waals surface area contributed by atoms with Crippen molar-refractivity contribution < 1.29 is 22.0 Å². The molecule has 208 valence electrons. The van der Waals surface area contributed by atoms with E-state index in [0.717, 1.165) is 17.5 Å². The van der Waals surface area contributed by atoms with Gasteiger partial charge >= 0.3 is 0 Å². The maximum absolute atomic E-state index is 13.4. The number of sulfonamides is 1. The number of nitrogens with one attached hydrogen (secondary N) is 3. The number of alkyl halides is 2. The summed E-state index contributed by atoms with van der Waals surface area (Å²) in [6.45, 7) is 4.66. The van der Waals surface area contributed by atoms with Gasteiger partial charge in [0.15, 0.2) is 5.17 Å². The minimum absolute atomic E-state index is 0.0455. The van der Waals surface area contributed by atoms with Gasteiger partial charge in [0, 0.05) is 42.2 Å². The third kappa shape index (κ3) is 5.01. The molecule has 3 aliphatic rings. The fourth-order valence-electron chi connectivity index (χ4n) is 5.29. The number of piperazine rings is 1. The lowest BCUT2D eigenvalue weighted by molar-refractivity contribution is -0.137. The molecule has 3 fully saturated rings. The van der Waals surface area contributed by atoms with Crippen molar-refractivity contribution in [1.29, 1.82) is 16.1 Å². The standard InChI is InChI=1S/C24H28F2N8O3S2/c1-13(2)22(35)33-14-3-4-15(33)11-32(10-14)18-7-16(39(36,37)31-24(12-27)5-6-24)8-19-17(18)9-30-34(19)23(29)38-21(28)20(25)26/h7-9,13-15,20,28-29,31H,3-6,10-11H2,1-2H3/t14-,15+. The molecule has 1 aromatic carbocycles. The second-order valence-electron chi connectivity index (χ2n) is 10.5. The molecule has 1 aliphatic carbocycles. The Morgan fingerprint density at radius 3 is 2.41 bits per heavy atom. The monoisotopic (exact) mass is 578 g/mol. The molecule has 15 heteroatoms. The number of carbonyl (C=O) groups is 1. The van der Waals surface area contributed by atoms with Crippen LogP contribution in [0.2, 0.25) is 0 Å². The van der Waals surface area contributed by atoms with Gasteiger partial charge < -0.3 is 9.80 Å². The number of hydrogen-bond acceptors (Lipinski definition) is 9. The number of nitriles is 1. The maximum atomic E-state index is 13.4. The Labute approximate surface area is 228 Å². The van der Waals surface area contributed by atoms with Crippen LogP contribution in [0.15, 0.2) is 23.2 Å². The van der Waals surface area contributed by atoms with Gasteiger partial charge in [-0.05, 0) is 49.6 Å². The van der Waals surface area contributed by atoms with Crippen LogP contribution in [-0.4, -0.2) is 76.4 Å². The molecular weight excluding hydrogens is 550 g/mol. The molecule has 11 nitrogen and oxygen atoms in total. The fraction of sp³-hybridized carbons (Fsp3) is 0.542. The smallest absolute Gasteiger partial charge is 0.286 e. The zero-order valence-corrected chi connectivity index (χ0v) is 23.0. The highest BCUT2D eigenvalue weighted by atomic mass is 32.2. The number of benzene rings is 1. The number of fused-ring (bicyclic) bond motifs is 3. The van der Waals surface area contributed by atoms with E-state index in [2.05, 4.69) is 9.82 Å². The Hall–Kier alpha value is -3.09. The number of carbonyl (C=O) groups excluding carboxylic acids is 1. The molecule has 2 atom stereocenters. The third-order valence-corrected chi connectivity index (χ3v) is 9.69. The second kappa shape index (κ2) is 9.83. The maximum Gasteiger partial charge on any atom is 0.286 e. The number of thioether (sulfide) groups is 1. The van der Waals surface area contributed by atoms with E-state index in [4.69, 9.17) is 10.8 Å². The first-order chi connectivity index (χ1) is 18.4. The summed E-state index contributed by atoms with van der Waals surface area (Å²) in [5.41, 5.74) is -0.441. The summed E-state index contributed by atoms with van der Waals surface area (Å²) in [5, 5.41) is 28.4. The van der Waals surface area contributed by atoms with Crippen LogP contribution in [-0.2, 0) is 14.8 Å². The molecule has 0 unspecified atom stereocenters. The summed E-state index contributed by atoms with van der Waals surface area (Å²) >= 11 is 0.227. The number of rotatable bonds is 6. The number of nitrogens with zero attached hydrogens (tertiary/aromatic N) is 5. The Bertz CT molecular complexity index is 1500. The van der Waals surface area contributed by atoms with Gasteiger partial charge in [-0.15, -0.1) is 0 Å². The Balaban J connectivity index is 1.57. The van der Waals surface area contributed by atoms with Crippen molar-refractivity contribution in [3.8, 4) is 6.07 Å². The van der Waals surface area contributed by atoms with E-state index >= 15 is 0 Å². The molecule has 2 saturated heterocycles. The predicted octanol–water partition coefficient (Wildman–Crippen LogP) is 2.96. The van der Waals surface area contributed by atoms with Gasteiger partial charge in [-0.2, -0.15) is 15.1 Å². The minimum Gasteiger partial charge on any atom is -0.367 e. The summed E-state index contributed by atoms with van der Waals surface area (Å²) < 4.78 is 56.2. The Morgan fingerprint density at radius 1 is 1.23 bits per heavy atom. The first kappa shape index (κ1) is 27.5. The second-order valence-corrected chi connectivity index (χ2v) is 13.2. The first-order valence-corrected chi connectivity index (χ1v) is 14.8. The molecule has 2 aromatic rings. The molecule has 1 saturated carbocycles. The van der Waals surface area contributed by atoms with Crippen LogP contribution in [0.1, 0.15) is 39.5 Å². The number of aromatic nitrogens is 2. The average Bonchev–Trinajstić information content (AvgIpc) is 3.42. The van der Waals surface area contributed by atoms with Gasteiger partial charge in [-0.1, -0.05) is 13.8 Å². The molecule has 0 spiro atoms. The van der Waals surface area contributed by atoms with E-state index in [-0.39, 0.29) is 46.1 Å². The topological polar surface area (TPSA) is 159 Å². The average molecular weight is 579 g/mol. The number of halogens is 2. The minimum atomic E-state index is -4.17. The van der Waals surface area contributed by atoms with Crippen LogP contribution < -0.4 is 9.62 Å². The van der Waals surface area contributed by atoms with Crippen LogP contribution in [0.3, 0.4) is 0 Å². The molecule has 1 amide bonds. The molecule has 39 heavy (non-hydrogen) atoms. The molecule has 3 heterocycles. The number of amides is 1. The molecule has 2 bridgehead atoms. The van der Waals surface area contributed by atoms with Crippen LogP contribution in [0.25, 0.3) is 10.9 Å². The zero-order valence-electron chi connectivity index (χ0n) is 21.3. The van der Waals surface area contributed by atoms with E-state index in [0.29, 0.717) is 37.0 Å². The first-order valence-electron chi connectivity index (χ1n) is 12.5. The van der Waals surface area contributed by atoms with Crippen molar-refractivity contribution >= 4 is 54.5 Å². The molecule has 2 aliphatic heterocycles. The summed E-state index contributed by atoms with van der Waals surface area (Å²) in [5.74, 6) is -0.0617. The van der Waals surface area contributed by atoms with Crippen molar-refractivity contribution in [2.75, 3.05) is 18.0 Å². The normalized spacial score (nSPS) is 22.0. The van der Waals surface area contributed by atoms with Gasteiger partial charge in [0.2, 0.25) is 15.9 Å². The lowest BCUT2D eigenvalue weighted by Crippen LogP contribution is -2.56. The molecule has 5 rings (SSSR count). The van der Waals surface area contributed by atoms with Crippen LogP contribution in [0.5, 0.6) is 0 Å². The van der Waals surface area contributed by atoms with Crippen molar-refractivity contribution in [2.45, 2.75) is 68.5 Å². The lowest BCUT2D eigenvalue weighted by atomic mass is 10.1. The summed E-state index contributed by atoms with van der Waals surface area (Å²) in [7, 11) is -4.17. The zero-order chi connectivity index (χ0) is 28.3. The van der Waals surface area contributed by atoms with E-state index in [9.17, 15) is 27.3 Å². The van der Waals surface area contributed by atoms with Crippen molar-refractivity contribution in [2.24, 2.45) is 5.92 Å². The van der Waals surface area contributed by atoms with Crippen LogP contribution in [0, 0.1) is 28.1 Å². The summed E-state index contributed by atoms with van der Waals surface area (Å²) in [6, 6.07) is 4.72. The van der Waals surface area contributed by atoms with Crippen LogP contribution >= 0.6 is 11.8 Å². The molecule has 3 N–H and O–H groups in total. The lowest BCUT2D eigenvalue weighted by Gasteiger charge is -2.43. The summed E-state index contributed by atoms with van der Waals surface area (Å²) in [6.07, 6.45) is 0.811. The van der Waals surface area contributed by atoms with Gasteiger partial charge in [0.05, 0.1) is 22.7 Å². The fourth-order valence-corrected chi connectivity index (χ4v) is 7.23. The summed E-state index contributed by atoms with van der Waals surface area (Å²) in [4.78, 5) is 16.7. The van der Waals surface area contributed by atoms with Crippen molar-refractivity contribution in [1.82, 2.24) is 19.4 Å². The highest BCUT2D eigenvalue weighted by Gasteiger charge is 2.47. The van der Waals surface area contributed by atoms with E-state index in [1.54, 1.807) is 0 Å². The quantitative estimate of drug-likeness (QED) is 0.351. The molecule has 1 aromatic heterocycles. The van der Waals surface area contributed by atoms with Gasteiger partial charge in [0.25, 0.3) is 6.43 Å². The van der Waals surface area contributed by atoms with E-state index < -0.39 is 32.2 Å². The Kier molecular flexibility index (Phi) is 6.92. The van der Waals surface area contributed by atoms with E-state index in [1.807, 2.05) is 29.7 Å². The van der Waals surface area contributed by atoms with Crippen LogP contribution in [0.4, 0.5) is 14.5 Å². The largest absolute Gasteiger partial charge is 0.367 e. The van der Waals surface area contributed by atoms with Gasteiger partial charge in [-0.25, -0.2) is 21.9 Å².